The maximum absolute atomic E-state index is 12.2. The molecule has 162 valence electrons. The van der Waals surface area contributed by atoms with Gasteiger partial charge in [-0.2, -0.15) is 0 Å². The van der Waals surface area contributed by atoms with E-state index in [1.165, 1.54) is 48.5 Å². The SMILES string of the molecule is O=C(OC[C@@H](O)[C@@H](O)[C@H](OC(=O)c1ccc(O)cc1)[C@H](O)CO)c1ccc(O)cc1. The summed E-state index contributed by atoms with van der Waals surface area (Å²) in [4.78, 5) is 24.1. The first-order chi connectivity index (χ1) is 14.2. The smallest absolute Gasteiger partial charge is 0.338 e. The Morgan fingerprint density at radius 3 is 1.70 bits per heavy atom. The van der Waals surface area contributed by atoms with Crippen LogP contribution in [0, 0.1) is 0 Å². The molecule has 0 aliphatic heterocycles. The standard InChI is InChI=1S/C20H22O10/c21-9-15(24)18(30-20(28)12-3-7-14(23)8-4-12)17(26)16(25)10-29-19(27)11-1-5-13(22)6-2-11/h1-8,15-18,21-26H,9-10H2/t15-,16-,17-,18-/m1/s1. The molecular weight excluding hydrogens is 400 g/mol. The Balaban J connectivity index is 2.01. The molecule has 10 heteroatoms. The van der Waals surface area contributed by atoms with Gasteiger partial charge in [0.05, 0.1) is 17.7 Å². The number of carbonyl (C=O) groups excluding carboxylic acids is 2. The van der Waals surface area contributed by atoms with Crippen molar-refractivity contribution >= 4 is 11.9 Å². The summed E-state index contributed by atoms with van der Waals surface area (Å²) in [6.45, 7) is -1.59. The number of rotatable bonds is 9. The van der Waals surface area contributed by atoms with Gasteiger partial charge in [0.2, 0.25) is 0 Å². The van der Waals surface area contributed by atoms with Crippen molar-refractivity contribution in [3.05, 3.63) is 59.7 Å². The fourth-order valence-electron chi connectivity index (χ4n) is 2.43. The first-order valence-corrected chi connectivity index (χ1v) is 8.84. The number of aliphatic hydroxyl groups is 4. The van der Waals surface area contributed by atoms with E-state index in [1.54, 1.807) is 0 Å². The average Bonchev–Trinajstić information content (AvgIpc) is 2.75. The lowest BCUT2D eigenvalue weighted by atomic mass is 10.0. The molecule has 2 rings (SSSR count). The lowest BCUT2D eigenvalue weighted by molar-refractivity contribution is -0.129. The summed E-state index contributed by atoms with van der Waals surface area (Å²) in [5.74, 6) is -1.98. The Bertz CT molecular complexity index is 834. The van der Waals surface area contributed by atoms with Gasteiger partial charge in [-0.25, -0.2) is 9.59 Å². The monoisotopic (exact) mass is 422 g/mol. The predicted molar refractivity (Wildman–Crippen MR) is 101 cm³/mol. The number of aromatic hydroxyl groups is 2. The van der Waals surface area contributed by atoms with Crippen molar-refractivity contribution < 1.29 is 49.7 Å². The van der Waals surface area contributed by atoms with Crippen molar-refractivity contribution in [2.75, 3.05) is 13.2 Å². The van der Waals surface area contributed by atoms with E-state index in [0.717, 1.165) is 0 Å². The van der Waals surface area contributed by atoms with Crippen molar-refractivity contribution in [1.29, 1.82) is 0 Å². The van der Waals surface area contributed by atoms with Gasteiger partial charge in [0, 0.05) is 0 Å². The summed E-state index contributed by atoms with van der Waals surface area (Å²) >= 11 is 0. The van der Waals surface area contributed by atoms with E-state index in [9.17, 15) is 40.2 Å². The van der Waals surface area contributed by atoms with Crippen molar-refractivity contribution in [2.45, 2.75) is 24.4 Å². The Hall–Kier alpha value is -3.18. The van der Waals surface area contributed by atoms with Gasteiger partial charge in [0.1, 0.15) is 36.4 Å². The molecule has 2 aromatic rings. The highest BCUT2D eigenvalue weighted by Crippen LogP contribution is 2.16. The number of aliphatic hydroxyl groups excluding tert-OH is 4. The zero-order valence-electron chi connectivity index (χ0n) is 15.7. The zero-order valence-corrected chi connectivity index (χ0v) is 15.7. The van der Waals surface area contributed by atoms with Crippen LogP contribution in [-0.2, 0) is 9.47 Å². The van der Waals surface area contributed by atoms with Crippen LogP contribution < -0.4 is 0 Å². The van der Waals surface area contributed by atoms with Crippen LogP contribution in [-0.4, -0.2) is 80.2 Å². The van der Waals surface area contributed by atoms with Crippen LogP contribution in [0.5, 0.6) is 11.5 Å². The van der Waals surface area contributed by atoms with Crippen molar-refractivity contribution in [3.8, 4) is 11.5 Å². The lowest BCUT2D eigenvalue weighted by Crippen LogP contribution is -2.50. The molecule has 0 aliphatic carbocycles. The quantitative estimate of drug-likeness (QED) is 0.291. The molecule has 10 nitrogen and oxygen atoms in total. The molecule has 0 radical (unpaired) electrons. The molecule has 0 unspecified atom stereocenters. The van der Waals surface area contributed by atoms with E-state index >= 15 is 0 Å². The molecule has 0 aliphatic rings. The van der Waals surface area contributed by atoms with Gasteiger partial charge in [-0.05, 0) is 48.5 Å². The number of benzene rings is 2. The number of esters is 2. The molecular formula is C20H22O10. The van der Waals surface area contributed by atoms with Gasteiger partial charge >= 0.3 is 11.9 Å². The molecule has 0 saturated heterocycles. The van der Waals surface area contributed by atoms with Gasteiger partial charge in [-0.1, -0.05) is 0 Å². The second-order valence-corrected chi connectivity index (χ2v) is 6.37. The summed E-state index contributed by atoms with van der Waals surface area (Å²) < 4.78 is 9.88. The van der Waals surface area contributed by atoms with Crippen LogP contribution in [0.4, 0.5) is 0 Å². The highest BCUT2D eigenvalue weighted by molar-refractivity contribution is 5.90. The molecule has 0 bridgehead atoms. The molecule has 2 aromatic carbocycles. The van der Waals surface area contributed by atoms with Gasteiger partial charge in [0.15, 0.2) is 6.10 Å². The fourth-order valence-corrected chi connectivity index (χ4v) is 2.43. The van der Waals surface area contributed by atoms with Crippen LogP contribution in [0.15, 0.2) is 48.5 Å². The highest BCUT2D eigenvalue weighted by Gasteiger charge is 2.36. The summed E-state index contributed by atoms with van der Waals surface area (Å²) in [6, 6.07) is 10.0. The zero-order chi connectivity index (χ0) is 22.3. The van der Waals surface area contributed by atoms with Crippen molar-refractivity contribution in [1.82, 2.24) is 0 Å². The first-order valence-electron chi connectivity index (χ1n) is 8.84. The third-order valence-electron chi connectivity index (χ3n) is 4.13. The Kier molecular flexibility index (Phi) is 8.13. The number of phenols is 2. The molecule has 0 heterocycles. The summed E-state index contributed by atoms with van der Waals surface area (Å²) in [7, 11) is 0. The van der Waals surface area contributed by atoms with Crippen LogP contribution in [0.3, 0.4) is 0 Å². The highest BCUT2D eigenvalue weighted by atomic mass is 16.6. The van der Waals surface area contributed by atoms with Crippen LogP contribution in [0.25, 0.3) is 0 Å². The minimum atomic E-state index is -1.90. The molecule has 6 N–H and O–H groups in total. The fraction of sp³-hybridized carbons (Fsp3) is 0.300. The molecule has 0 fully saturated rings. The number of carbonyl (C=O) groups is 2. The van der Waals surface area contributed by atoms with Crippen LogP contribution in [0.2, 0.25) is 0 Å². The predicted octanol–water partition coefficient (Wildman–Crippen LogP) is -0.445. The van der Waals surface area contributed by atoms with Gasteiger partial charge in [-0.3, -0.25) is 0 Å². The first kappa shape index (κ1) is 23.1. The van der Waals surface area contributed by atoms with E-state index in [4.69, 9.17) is 9.47 Å². The third kappa shape index (κ3) is 6.16. The maximum atomic E-state index is 12.2. The molecule has 30 heavy (non-hydrogen) atoms. The molecule has 0 aromatic heterocycles. The van der Waals surface area contributed by atoms with Gasteiger partial charge in [0.25, 0.3) is 0 Å². The van der Waals surface area contributed by atoms with E-state index < -0.39 is 49.6 Å². The number of hydrogen-bond donors (Lipinski definition) is 6. The third-order valence-corrected chi connectivity index (χ3v) is 4.13. The lowest BCUT2D eigenvalue weighted by Gasteiger charge is -2.29. The number of hydrogen-bond acceptors (Lipinski definition) is 10. The van der Waals surface area contributed by atoms with Crippen molar-refractivity contribution in [3.63, 3.8) is 0 Å². The molecule has 0 spiro atoms. The van der Waals surface area contributed by atoms with Gasteiger partial charge in [-0.15, -0.1) is 0 Å². The minimum Gasteiger partial charge on any atom is -0.508 e. The van der Waals surface area contributed by atoms with E-state index in [2.05, 4.69) is 0 Å². The minimum absolute atomic E-state index is 0.0108. The topological polar surface area (TPSA) is 174 Å². The van der Waals surface area contributed by atoms with E-state index in [0.29, 0.717) is 0 Å². The normalized spacial score (nSPS) is 14.9. The number of phenolic OH excluding ortho intramolecular Hbond substituents is 2. The Morgan fingerprint density at radius 2 is 1.23 bits per heavy atom. The molecule has 0 saturated carbocycles. The summed E-state index contributed by atoms with van der Waals surface area (Å²) in [5, 5.41) is 57.9. The Morgan fingerprint density at radius 1 is 0.767 bits per heavy atom. The van der Waals surface area contributed by atoms with E-state index in [1.807, 2.05) is 0 Å². The van der Waals surface area contributed by atoms with Crippen molar-refractivity contribution in [2.24, 2.45) is 0 Å². The summed E-state index contributed by atoms with van der Waals surface area (Å²) in [6.07, 6.45) is -7.13. The molecule has 4 atom stereocenters. The number of ether oxygens (including phenoxy) is 2. The molecule has 0 amide bonds. The Labute approximate surface area is 171 Å². The van der Waals surface area contributed by atoms with Gasteiger partial charge < -0.3 is 40.1 Å². The largest absolute Gasteiger partial charge is 0.508 e. The maximum Gasteiger partial charge on any atom is 0.338 e. The van der Waals surface area contributed by atoms with E-state index in [-0.39, 0.29) is 22.6 Å². The van der Waals surface area contributed by atoms with Crippen LogP contribution in [0.1, 0.15) is 20.7 Å². The second-order valence-electron chi connectivity index (χ2n) is 6.37. The summed E-state index contributed by atoms with van der Waals surface area (Å²) in [5.41, 5.74) is 0.0728. The van der Waals surface area contributed by atoms with Crippen LogP contribution >= 0.6 is 0 Å². The average molecular weight is 422 g/mol. The second kappa shape index (κ2) is 10.6.